The smallest absolute Gasteiger partial charge is 0.192 e. The van der Waals surface area contributed by atoms with Crippen LogP contribution in [0.5, 0.6) is 0 Å². The van der Waals surface area contributed by atoms with Crippen molar-refractivity contribution in [1.82, 2.24) is 9.55 Å². The van der Waals surface area contributed by atoms with Crippen LogP contribution in [0.4, 0.5) is 0 Å². The van der Waals surface area contributed by atoms with E-state index in [0.717, 1.165) is 18.0 Å². The maximum absolute atomic E-state index is 11.2. The maximum atomic E-state index is 11.2. The summed E-state index contributed by atoms with van der Waals surface area (Å²) in [6, 6.07) is 1.11. The van der Waals surface area contributed by atoms with Crippen LogP contribution in [-0.4, -0.2) is 38.8 Å². The molecule has 138 valence electrons. The monoisotopic (exact) mass is 370 g/mol. The molecule has 5 nitrogen and oxygen atoms in total. The Morgan fingerprint density at radius 2 is 1.83 bits per heavy atom. The number of aldehydes is 1. The summed E-state index contributed by atoms with van der Waals surface area (Å²) in [7, 11) is -2.95. The summed E-state index contributed by atoms with van der Waals surface area (Å²) in [5.41, 5.74) is 0.898. The molecule has 0 amide bonds. The largest absolute Gasteiger partial charge is 0.411 e. The predicted octanol–water partition coefficient (Wildman–Crippen LogP) is 4.53. The molecule has 0 radical (unpaired) electrons. The van der Waals surface area contributed by atoms with Gasteiger partial charge in [0.2, 0.25) is 0 Å². The summed E-state index contributed by atoms with van der Waals surface area (Å²) >= 11 is 0. The Morgan fingerprint density at radius 1 is 1.21 bits per heavy atom. The Balaban J connectivity index is 2.72. The molecule has 0 aliphatic carbocycles. The van der Waals surface area contributed by atoms with Crippen LogP contribution in [0.1, 0.15) is 37.1 Å². The van der Waals surface area contributed by atoms with E-state index in [4.69, 9.17) is 9.16 Å². The van der Waals surface area contributed by atoms with E-state index in [2.05, 4.69) is 58.5 Å². The zero-order chi connectivity index (χ0) is 18.6. The van der Waals surface area contributed by atoms with Crippen molar-refractivity contribution in [3.8, 4) is 0 Å². The molecule has 0 saturated carbocycles. The van der Waals surface area contributed by atoms with Crippen molar-refractivity contribution in [2.45, 2.75) is 77.9 Å². The highest BCUT2D eigenvalue weighted by atomic mass is 28.4. The van der Waals surface area contributed by atoms with Crippen LogP contribution in [0.2, 0.25) is 43.8 Å². The lowest BCUT2D eigenvalue weighted by atomic mass is 10.2. The van der Waals surface area contributed by atoms with E-state index in [1.165, 1.54) is 0 Å². The molecule has 0 aliphatic rings. The normalized spacial score (nSPS) is 13.3. The number of nitrogens with zero attached hydrogens (tertiary/aromatic N) is 2. The fourth-order valence-corrected chi connectivity index (χ4v) is 3.49. The number of carbonyl (C=O) groups excluding carboxylic acids is 1. The summed E-state index contributed by atoms with van der Waals surface area (Å²) < 4.78 is 13.9. The quantitative estimate of drug-likeness (QED) is 0.364. The van der Waals surface area contributed by atoms with Gasteiger partial charge in [-0.25, -0.2) is 4.98 Å². The lowest BCUT2D eigenvalue weighted by Crippen LogP contribution is -2.40. The van der Waals surface area contributed by atoms with Crippen LogP contribution in [0.15, 0.2) is 6.20 Å². The molecule has 1 aromatic rings. The van der Waals surface area contributed by atoms with Gasteiger partial charge in [-0.2, -0.15) is 0 Å². The molecule has 0 bridgehead atoms. The van der Waals surface area contributed by atoms with Crippen molar-refractivity contribution in [3.05, 3.63) is 17.7 Å². The molecule has 0 spiro atoms. The third-order valence-electron chi connectivity index (χ3n) is 4.68. The van der Waals surface area contributed by atoms with E-state index >= 15 is 0 Å². The van der Waals surface area contributed by atoms with Crippen LogP contribution in [0.3, 0.4) is 0 Å². The van der Waals surface area contributed by atoms with Gasteiger partial charge in [-0.15, -0.1) is 0 Å². The number of ether oxygens (including phenoxy) is 1. The van der Waals surface area contributed by atoms with Gasteiger partial charge in [0.1, 0.15) is 6.73 Å². The van der Waals surface area contributed by atoms with E-state index in [1.807, 2.05) is 4.57 Å². The minimum absolute atomic E-state index is 0.152. The third-order valence-corrected chi connectivity index (χ3v) is 10.9. The molecule has 1 aromatic heterocycles. The van der Waals surface area contributed by atoms with Crippen LogP contribution in [0.25, 0.3) is 0 Å². The standard InChI is InChI=1S/C17H34N2O3Si2/c1-17(2,3)24(7,8)22-13-15-11-18-16(12-20)19(15)14-21-9-10-23(4,5)6/h11-12H,9-10,13-14H2,1-8H3. The van der Waals surface area contributed by atoms with Gasteiger partial charge in [0.05, 0.1) is 18.5 Å². The van der Waals surface area contributed by atoms with Crippen LogP contribution < -0.4 is 0 Å². The van der Waals surface area contributed by atoms with Crippen molar-refractivity contribution < 1.29 is 14.0 Å². The van der Waals surface area contributed by atoms with Crippen molar-refractivity contribution in [2.24, 2.45) is 0 Å². The highest BCUT2D eigenvalue weighted by Crippen LogP contribution is 2.37. The van der Waals surface area contributed by atoms with E-state index in [0.29, 0.717) is 25.8 Å². The zero-order valence-electron chi connectivity index (χ0n) is 16.6. The molecule has 0 aromatic carbocycles. The maximum Gasteiger partial charge on any atom is 0.192 e. The van der Waals surface area contributed by atoms with Crippen molar-refractivity contribution in [1.29, 1.82) is 0 Å². The molecule has 0 saturated heterocycles. The molecule has 0 atom stereocenters. The summed E-state index contributed by atoms with van der Waals surface area (Å²) in [5, 5.41) is 0.152. The first-order valence-corrected chi connectivity index (χ1v) is 15.2. The Morgan fingerprint density at radius 3 is 2.33 bits per heavy atom. The van der Waals surface area contributed by atoms with Gasteiger partial charge in [0.15, 0.2) is 20.4 Å². The summed E-state index contributed by atoms with van der Waals surface area (Å²) in [6.07, 6.45) is 2.50. The first-order valence-electron chi connectivity index (χ1n) is 8.59. The number of imidazole rings is 1. The molecular weight excluding hydrogens is 336 g/mol. The summed E-state index contributed by atoms with van der Waals surface area (Å²) in [5.74, 6) is 0.400. The molecule has 0 aliphatic heterocycles. The molecule has 0 fully saturated rings. The minimum atomic E-state index is -1.84. The van der Waals surface area contributed by atoms with Crippen molar-refractivity contribution >= 4 is 22.7 Å². The second-order valence-corrected chi connectivity index (χ2v) is 19.5. The van der Waals surface area contributed by atoms with Gasteiger partial charge in [-0.3, -0.25) is 9.36 Å². The number of hydrogen-bond acceptors (Lipinski definition) is 4. The van der Waals surface area contributed by atoms with Crippen LogP contribution in [0, 0.1) is 0 Å². The predicted molar refractivity (Wildman–Crippen MR) is 104 cm³/mol. The molecule has 0 unspecified atom stereocenters. The Labute approximate surface area is 148 Å². The number of hydrogen-bond donors (Lipinski definition) is 0. The van der Waals surface area contributed by atoms with Gasteiger partial charge in [-0.1, -0.05) is 40.4 Å². The Kier molecular flexibility index (Phi) is 7.16. The lowest BCUT2D eigenvalue weighted by molar-refractivity contribution is 0.0789. The molecule has 1 heterocycles. The van der Waals surface area contributed by atoms with Gasteiger partial charge in [-0.05, 0) is 24.2 Å². The molecule has 7 heteroatoms. The van der Waals surface area contributed by atoms with E-state index in [-0.39, 0.29) is 5.04 Å². The molecule has 1 rings (SSSR count). The first kappa shape index (κ1) is 21.3. The number of rotatable bonds is 9. The average molecular weight is 371 g/mol. The molecule has 0 N–H and O–H groups in total. The SMILES string of the molecule is CC(C)(C)[Si](C)(C)OCc1cnc(C=O)n1COCC[Si](C)(C)C. The van der Waals surface area contributed by atoms with E-state index in [9.17, 15) is 4.79 Å². The molecular formula is C17H34N2O3Si2. The lowest BCUT2D eigenvalue weighted by Gasteiger charge is -2.36. The minimum Gasteiger partial charge on any atom is -0.411 e. The highest BCUT2D eigenvalue weighted by molar-refractivity contribution is 6.76. The van der Waals surface area contributed by atoms with Gasteiger partial charge in [0.25, 0.3) is 0 Å². The van der Waals surface area contributed by atoms with Gasteiger partial charge < -0.3 is 9.16 Å². The zero-order valence-corrected chi connectivity index (χ0v) is 18.6. The Bertz CT molecular complexity index is 543. The highest BCUT2D eigenvalue weighted by Gasteiger charge is 2.37. The first-order chi connectivity index (χ1) is 10.9. The fraction of sp³-hybridized carbons (Fsp3) is 0.765. The number of aromatic nitrogens is 2. The van der Waals surface area contributed by atoms with Gasteiger partial charge in [0, 0.05) is 14.7 Å². The topological polar surface area (TPSA) is 53.3 Å². The second kappa shape index (κ2) is 8.08. The Hall–Kier alpha value is -0.766. The second-order valence-electron chi connectivity index (χ2n) is 9.05. The number of carbonyl (C=O) groups is 1. The summed E-state index contributed by atoms with van der Waals surface area (Å²) in [6.45, 7) is 19.6. The van der Waals surface area contributed by atoms with Gasteiger partial charge >= 0.3 is 0 Å². The third kappa shape index (κ3) is 6.27. The van der Waals surface area contributed by atoms with E-state index in [1.54, 1.807) is 6.20 Å². The van der Waals surface area contributed by atoms with Crippen LogP contribution >= 0.6 is 0 Å². The van der Waals surface area contributed by atoms with Crippen LogP contribution in [-0.2, 0) is 22.5 Å². The summed E-state index contributed by atoms with van der Waals surface area (Å²) in [4.78, 5) is 15.4. The van der Waals surface area contributed by atoms with Crippen molar-refractivity contribution in [2.75, 3.05) is 6.61 Å². The molecule has 24 heavy (non-hydrogen) atoms. The fourth-order valence-electron chi connectivity index (χ4n) is 1.79. The average Bonchev–Trinajstić information content (AvgIpc) is 2.81. The van der Waals surface area contributed by atoms with Crippen molar-refractivity contribution in [3.63, 3.8) is 0 Å². The van der Waals surface area contributed by atoms with E-state index < -0.39 is 16.4 Å².